The van der Waals surface area contributed by atoms with Crippen LogP contribution in [0.25, 0.3) is 5.70 Å². The Labute approximate surface area is 111 Å². The van der Waals surface area contributed by atoms with Crippen LogP contribution in [0.4, 0.5) is 0 Å². The van der Waals surface area contributed by atoms with Crippen molar-refractivity contribution in [1.82, 2.24) is 4.98 Å². The van der Waals surface area contributed by atoms with Crippen LogP contribution in [0.2, 0.25) is 0 Å². The summed E-state index contributed by atoms with van der Waals surface area (Å²) in [4.78, 5) is 8.90. The number of hydrogen-bond acceptors (Lipinski definition) is 3. The Bertz CT molecular complexity index is 706. The highest BCUT2D eigenvalue weighted by molar-refractivity contribution is 6.07. The van der Waals surface area contributed by atoms with Crippen LogP contribution >= 0.6 is 0 Å². The van der Waals surface area contributed by atoms with Crippen molar-refractivity contribution in [3.8, 4) is 6.07 Å². The Morgan fingerprint density at radius 1 is 1.11 bits per heavy atom. The minimum absolute atomic E-state index is 0.659. The molecule has 3 nitrogen and oxygen atoms in total. The molecule has 3 heteroatoms. The molecule has 0 aliphatic carbocycles. The molecule has 0 spiro atoms. The molecule has 3 rings (SSSR count). The van der Waals surface area contributed by atoms with Crippen LogP contribution in [0.3, 0.4) is 0 Å². The van der Waals surface area contributed by atoms with Crippen LogP contribution in [0.15, 0.2) is 59.7 Å². The Morgan fingerprint density at radius 2 is 2.05 bits per heavy atom. The first-order chi connectivity index (χ1) is 9.36. The highest BCUT2D eigenvalue weighted by Crippen LogP contribution is 2.23. The van der Waals surface area contributed by atoms with E-state index >= 15 is 0 Å². The Kier molecular flexibility index (Phi) is 2.91. The molecular weight excluding hydrogens is 234 g/mol. The summed E-state index contributed by atoms with van der Waals surface area (Å²) in [6, 6.07) is 15.5. The van der Waals surface area contributed by atoms with Crippen LogP contribution in [0, 0.1) is 11.3 Å². The molecule has 0 amide bonds. The van der Waals surface area contributed by atoms with E-state index in [0.717, 1.165) is 29.1 Å². The molecule has 0 fully saturated rings. The molecule has 0 saturated carbocycles. The summed E-state index contributed by atoms with van der Waals surface area (Å²) in [5.41, 5.74) is 4.43. The molecule has 0 N–H and O–H groups in total. The van der Waals surface area contributed by atoms with Gasteiger partial charge in [0.1, 0.15) is 0 Å². The second kappa shape index (κ2) is 4.87. The molecule has 90 valence electrons. The minimum atomic E-state index is 0.659. The Morgan fingerprint density at radius 3 is 2.84 bits per heavy atom. The van der Waals surface area contributed by atoms with E-state index in [1.54, 1.807) is 12.3 Å². The number of allylic oxidation sites excluding steroid dienone is 1. The number of rotatable bonds is 2. The van der Waals surface area contributed by atoms with E-state index in [2.05, 4.69) is 22.1 Å². The fourth-order valence-corrected chi connectivity index (χ4v) is 2.06. The van der Waals surface area contributed by atoms with Gasteiger partial charge in [0.05, 0.1) is 28.7 Å². The van der Waals surface area contributed by atoms with E-state index in [-0.39, 0.29) is 0 Å². The van der Waals surface area contributed by atoms with Crippen molar-refractivity contribution in [3.05, 3.63) is 71.6 Å². The average Bonchev–Trinajstić information content (AvgIpc) is 2.98. The maximum absolute atomic E-state index is 8.92. The SMILES string of the molecule is N#Cc1cccc(C2=NC(c3ccccn3)=CC2)c1. The topological polar surface area (TPSA) is 49.0 Å². The zero-order chi connectivity index (χ0) is 13.1. The van der Waals surface area contributed by atoms with Gasteiger partial charge in [0.25, 0.3) is 0 Å². The lowest BCUT2D eigenvalue weighted by Crippen LogP contribution is -1.96. The van der Waals surface area contributed by atoms with Gasteiger partial charge >= 0.3 is 0 Å². The van der Waals surface area contributed by atoms with E-state index in [1.807, 2.05) is 36.4 Å². The van der Waals surface area contributed by atoms with E-state index in [4.69, 9.17) is 5.26 Å². The molecule has 1 aromatic heterocycles. The maximum atomic E-state index is 8.92. The highest BCUT2D eigenvalue weighted by Gasteiger charge is 2.13. The molecule has 2 heterocycles. The summed E-state index contributed by atoms with van der Waals surface area (Å²) in [6.45, 7) is 0. The first kappa shape index (κ1) is 11.4. The largest absolute Gasteiger partial charge is 0.255 e. The Balaban J connectivity index is 1.92. The predicted molar refractivity (Wildman–Crippen MR) is 74.5 cm³/mol. The molecule has 1 aliphatic rings. The Hall–Kier alpha value is -2.73. The van der Waals surface area contributed by atoms with Crippen LogP contribution in [0.5, 0.6) is 0 Å². The summed E-state index contributed by atoms with van der Waals surface area (Å²) < 4.78 is 0. The van der Waals surface area contributed by atoms with Crippen LogP contribution in [-0.4, -0.2) is 10.7 Å². The molecule has 1 aromatic carbocycles. The van der Waals surface area contributed by atoms with E-state index in [0.29, 0.717) is 5.56 Å². The third kappa shape index (κ3) is 2.29. The zero-order valence-corrected chi connectivity index (χ0v) is 10.2. The van der Waals surface area contributed by atoms with Crippen LogP contribution < -0.4 is 0 Å². The number of hydrogen-bond donors (Lipinski definition) is 0. The summed E-state index contributed by atoms with van der Waals surface area (Å²) >= 11 is 0. The fraction of sp³-hybridized carbons (Fsp3) is 0.0625. The number of pyridine rings is 1. The van der Waals surface area contributed by atoms with Gasteiger partial charge in [0, 0.05) is 12.6 Å². The summed E-state index contributed by atoms with van der Waals surface area (Å²) in [5.74, 6) is 0. The van der Waals surface area contributed by atoms with Crippen molar-refractivity contribution in [2.75, 3.05) is 0 Å². The number of aliphatic imine (C=N–C) groups is 1. The van der Waals surface area contributed by atoms with Crippen molar-refractivity contribution >= 4 is 11.4 Å². The van der Waals surface area contributed by atoms with Gasteiger partial charge in [-0.25, -0.2) is 0 Å². The van der Waals surface area contributed by atoms with Crippen LogP contribution in [0.1, 0.15) is 23.2 Å². The fourth-order valence-electron chi connectivity index (χ4n) is 2.06. The van der Waals surface area contributed by atoms with Crippen LogP contribution in [-0.2, 0) is 0 Å². The molecule has 0 bridgehead atoms. The number of aromatic nitrogens is 1. The lowest BCUT2D eigenvalue weighted by molar-refractivity contribution is 1.26. The van der Waals surface area contributed by atoms with E-state index in [1.165, 1.54) is 0 Å². The predicted octanol–water partition coefficient (Wildman–Crippen LogP) is 3.19. The van der Waals surface area contributed by atoms with Crippen molar-refractivity contribution < 1.29 is 0 Å². The molecule has 0 atom stereocenters. The lowest BCUT2D eigenvalue weighted by atomic mass is 10.1. The van der Waals surface area contributed by atoms with E-state index < -0.39 is 0 Å². The van der Waals surface area contributed by atoms with Crippen molar-refractivity contribution in [1.29, 1.82) is 5.26 Å². The standard InChI is InChI=1S/C16H11N3/c17-11-12-4-3-5-13(10-12)14-7-8-16(19-14)15-6-1-2-9-18-15/h1-6,8-10H,7H2. The smallest absolute Gasteiger partial charge is 0.0991 e. The normalized spacial score (nSPS) is 13.6. The molecule has 2 aromatic rings. The van der Waals surface area contributed by atoms with Crippen molar-refractivity contribution in [2.24, 2.45) is 4.99 Å². The quantitative estimate of drug-likeness (QED) is 0.815. The second-order valence-corrected chi connectivity index (χ2v) is 4.26. The summed E-state index contributed by atoms with van der Waals surface area (Å²) in [5, 5.41) is 8.92. The van der Waals surface area contributed by atoms with E-state index in [9.17, 15) is 0 Å². The second-order valence-electron chi connectivity index (χ2n) is 4.26. The molecule has 0 saturated heterocycles. The minimum Gasteiger partial charge on any atom is -0.255 e. The molecule has 0 unspecified atom stereocenters. The van der Waals surface area contributed by atoms with Crippen molar-refractivity contribution in [3.63, 3.8) is 0 Å². The molecule has 0 radical (unpaired) electrons. The van der Waals surface area contributed by atoms with Gasteiger partial charge in [0.15, 0.2) is 0 Å². The van der Waals surface area contributed by atoms with Gasteiger partial charge in [-0.05, 0) is 29.8 Å². The summed E-state index contributed by atoms with van der Waals surface area (Å²) in [7, 11) is 0. The van der Waals surface area contributed by atoms with Gasteiger partial charge in [-0.2, -0.15) is 5.26 Å². The van der Waals surface area contributed by atoms with Gasteiger partial charge < -0.3 is 0 Å². The number of nitrogens with zero attached hydrogens (tertiary/aromatic N) is 3. The van der Waals surface area contributed by atoms with Gasteiger partial charge in [0.2, 0.25) is 0 Å². The lowest BCUT2D eigenvalue weighted by Gasteiger charge is -2.00. The third-order valence-electron chi connectivity index (χ3n) is 3.00. The highest BCUT2D eigenvalue weighted by atomic mass is 14.8. The van der Waals surface area contributed by atoms with Crippen molar-refractivity contribution in [2.45, 2.75) is 6.42 Å². The molecule has 19 heavy (non-hydrogen) atoms. The molecule has 1 aliphatic heterocycles. The molecular formula is C16H11N3. The first-order valence-corrected chi connectivity index (χ1v) is 6.06. The summed E-state index contributed by atoms with van der Waals surface area (Å²) in [6.07, 6.45) is 4.61. The first-order valence-electron chi connectivity index (χ1n) is 6.06. The average molecular weight is 245 g/mol. The maximum Gasteiger partial charge on any atom is 0.0991 e. The van der Waals surface area contributed by atoms with Gasteiger partial charge in [-0.1, -0.05) is 24.3 Å². The van der Waals surface area contributed by atoms with Gasteiger partial charge in [-0.3, -0.25) is 9.98 Å². The van der Waals surface area contributed by atoms with Gasteiger partial charge in [-0.15, -0.1) is 0 Å². The third-order valence-corrected chi connectivity index (χ3v) is 3.00. The number of benzene rings is 1. The number of nitriles is 1. The zero-order valence-electron chi connectivity index (χ0n) is 10.2. The monoisotopic (exact) mass is 245 g/mol.